The lowest BCUT2D eigenvalue weighted by Gasteiger charge is -1.97. The van der Waals surface area contributed by atoms with Gasteiger partial charge in [0.15, 0.2) is 0 Å². The normalized spacial score (nSPS) is 9.00. The number of carbonyl (C=O) groups excluding carboxylic acids is 1. The fourth-order valence-electron chi connectivity index (χ4n) is 1.19. The average molecular weight is 237 g/mol. The van der Waals surface area contributed by atoms with E-state index < -0.39 is 0 Å². The zero-order valence-electron chi connectivity index (χ0n) is 7.03. The predicted molar refractivity (Wildman–Crippen MR) is 58.8 cm³/mol. The molecule has 0 amide bonds. The van der Waals surface area contributed by atoms with Gasteiger partial charge in [-0.25, -0.2) is 0 Å². The number of rotatable bonds is 0. The van der Waals surface area contributed by atoms with Crippen molar-refractivity contribution in [2.24, 2.45) is 0 Å². The Hall–Kier alpha value is -1.15. The van der Waals surface area contributed by atoms with Crippen molar-refractivity contribution in [3.63, 3.8) is 0 Å². The predicted octanol–water partition coefficient (Wildman–Crippen LogP) is 3.42. The molecule has 0 aliphatic rings. The Labute approximate surface area is 85.5 Å². The van der Waals surface area contributed by atoms with Gasteiger partial charge in [0, 0.05) is 4.47 Å². The van der Waals surface area contributed by atoms with Crippen LogP contribution in [0.25, 0.3) is 10.8 Å². The Bertz CT molecular complexity index is 393. The minimum absolute atomic E-state index is 1.16. The lowest BCUT2D eigenvalue weighted by Crippen LogP contribution is -1.71. The summed E-state index contributed by atoms with van der Waals surface area (Å²) >= 11 is 3.50. The highest BCUT2D eigenvalue weighted by atomic mass is 79.9. The summed E-state index contributed by atoms with van der Waals surface area (Å²) in [5.41, 5.74) is 0. The van der Waals surface area contributed by atoms with E-state index in [1.807, 2.05) is 18.9 Å². The summed E-state index contributed by atoms with van der Waals surface area (Å²) in [7, 11) is 0. The molecule has 0 bridgehead atoms. The third-order valence-corrected chi connectivity index (χ3v) is 2.43. The fourth-order valence-corrected chi connectivity index (χ4v) is 1.70. The zero-order chi connectivity index (χ0) is 9.68. The molecule has 0 aliphatic carbocycles. The van der Waals surface area contributed by atoms with Crippen molar-refractivity contribution in [3.05, 3.63) is 46.9 Å². The first-order chi connectivity index (χ1) is 6.38. The van der Waals surface area contributed by atoms with E-state index in [4.69, 9.17) is 4.79 Å². The first-order valence-electron chi connectivity index (χ1n) is 3.80. The van der Waals surface area contributed by atoms with Crippen LogP contribution in [-0.4, -0.2) is 6.79 Å². The number of halogens is 1. The van der Waals surface area contributed by atoms with Crippen LogP contribution in [0.1, 0.15) is 0 Å². The largest absolute Gasteiger partial charge is 0.307 e. The zero-order valence-corrected chi connectivity index (χ0v) is 8.62. The van der Waals surface area contributed by atoms with Crippen molar-refractivity contribution in [2.75, 3.05) is 0 Å². The summed E-state index contributed by atoms with van der Waals surface area (Å²) in [5, 5.41) is 2.55. The molecule has 0 N–H and O–H groups in total. The third-order valence-electron chi connectivity index (χ3n) is 1.74. The minimum atomic E-state index is 1.16. The Morgan fingerprint density at radius 2 is 1.54 bits per heavy atom. The SMILES string of the molecule is Brc1cccc2ccccc12.C=O. The van der Waals surface area contributed by atoms with Gasteiger partial charge >= 0.3 is 0 Å². The second kappa shape index (κ2) is 4.77. The second-order valence-corrected chi connectivity index (χ2v) is 3.32. The van der Waals surface area contributed by atoms with Gasteiger partial charge in [-0.1, -0.05) is 52.3 Å². The molecule has 0 heterocycles. The van der Waals surface area contributed by atoms with E-state index in [0.717, 1.165) is 4.47 Å². The monoisotopic (exact) mass is 236 g/mol. The standard InChI is InChI=1S/C10H7Br.CH2O/c11-10-7-3-5-8-4-1-2-6-9(8)10;1-2/h1-7H;1H2. The molecule has 0 spiro atoms. The summed E-state index contributed by atoms with van der Waals surface area (Å²) in [6.45, 7) is 2.00. The molecule has 0 aromatic heterocycles. The lowest BCUT2D eigenvalue weighted by atomic mass is 10.1. The molecule has 0 saturated carbocycles. The van der Waals surface area contributed by atoms with Crippen molar-refractivity contribution >= 4 is 33.5 Å². The van der Waals surface area contributed by atoms with Crippen molar-refractivity contribution in [3.8, 4) is 0 Å². The summed E-state index contributed by atoms with van der Waals surface area (Å²) < 4.78 is 1.16. The lowest BCUT2D eigenvalue weighted by molar-refractivity contribution is -0.0979. The number of benzene rings is 2. The Kier molecular flexibility index (Phi) is 3.65. The summed E-state index contributed by atoms with van der Waals surface area (Å²) in [6.07, 6.45) is 0. The highest BCUT2D eigenvalue weighted by molar-refractivity contribution is 9.10. The topological polar surface area (TPSA) is 17.1 Å². The molecule has 2 heteroatoms. The maximum atomic E-state index is 8.00. The van der Waals surface area contributed by atoms with Gasteiger partial charge in [-0.3, -0.25) is 0 Å². The Morgan fingerprint density at radius 3 is 2.23 bits per heavy atom. The molecule has 0 unspecified atom stereocenters. The molecule has 0 atom stereocenters. The molecule has 1 nitrogen and oxygen atoms in total. The summed E-state index contributed by atoms with van der Waals surface area (Å²) in [5.74, 6) is 0. The van der Waals surface area contributed by atoms with Crippen LogP contribution in [0.4, 0.5) is 0 Å². The van der Waals surface area contributed by atoms with Gasteiger partial charge in [0.05, 0.1) is 0 Å². The maximum absolute atomic E-state index is 8.00. The van der Waals surface area contributed by atoms with Crippen LogP contribution in [-0.2, 0) is 4.79 Å². The van der Waals surface area contributed by atoms with Crippen LogP contribution >= 0.6 is 15.9 Å². The van der Waals surface area contributed by atoms with E-state index in [-0.39, 0.29) is 0 Å². The Balaban J connectivity index is 0.000000396. The molecule has 13 heavy (non-hydrogen) atoms. The van der Waals surface area contributed by atoms with Gasteiger partial charge in [0.2, 0.25) is 0 Å². The van der Waals surface area contributed by atoms with Gasteiger partial charge in [-0.2, -0.15) is 0 Å². The molecule has 66 valence electrons. The fraction of sp³-hybridized carbons (Fsp3) is 0. The molecule has 0 fully saturated rings. The summed E-state index contributed by atoms with van der Waals surface area (Å²) in [4.78, 5) is 8.00. The smallest absolute Gasteiger partial charge is 0.106 e. The molecule has 0 saturated heterocycles. The van der Waals surface area contributed by atoms with Crippen molar-refractivity contribution < 1.29 is 4.79 Å². The number of fused-ring (bicyclic) bond motifs is 1. The number of hydrogen-bond donors (Lipinski definition) is 0. The number of carbonyl (C=O) groups is 1. The molecule has 2 aromatic rings. The highest BCUT2D eigenvalue weighted by Crippen LogP contribution is 2.22. The van der Waals surface area contributed by atoms with Crippen LogP contribution in [0.5, 0.6) is 0 Å². The van der Waals surface area contributed by atoms with Crippen molar-refractivity contribution in [2.45, 2.75) is 0 Å². The van der Waals surface area contributed by atoms with Crippen LogP contribution < -0.4 is 0 Å². The van der Waals surface area contributed by atoms with Gasteiger partial charge < -0.3 is 4.79 Å². The molecule has 2 rings (SSSR count). The quantitative estimate of drug-likeness (QED) is 0.686. The van der Waals surface area contributed by atoms with E-state index in [1.165, 1.54) is 10.8 Å². The van der Waals surface area contributed by atoms with E-state index in [9.17, 15) is 0 Å². The maximum Gasteiger partial charge on any atom is 0.106 e. The van der Waals surface area contributed by atoms with Crippen LogP contribution in [0.15, 0.2) is 46.9 Å². The summed E-state index contributed by atoms with van der Waals surface area (Å²) in [6, 6.07) is 14.5. The molecule has 2 aromatic carbocycles. The van der Waals surface area contributed by atoms with Gasteiger partial charge in [0.25, 0.3) is 0 Å². The van der Waals surface area contributed by atoms with Crippen LogP contribution in [0, 0.1) is 0 Å². The molecule has 0 aliphatic heterocycles. The van der Waals surface area contributed by atoms with E-state index >= 15 is 0 Å². The van der Waals surface area contributed by atoms with E-state index in [2.05, 4.69) is 46.3 Å². The van der Waals surface area contributed by atoms with Crippen molar-refractivity contribution in [1.82, 2.24) is 0 Å². The van der Waals surface area contributed by atoms with Crippen molar-refractivity contribution in [1.29, 1.82) is 0 Å². The minimum Gasteiger partial charge on any atom is -0.307 e. The van der Waals surface area contributed by atoms with Gasteiger partial charge in [-0.15, -0.1) is 0 Å². The Morgan fingerprint density at radius 1 is 0.923 bits per heavy atom. The van der Waals surface area contributed by atoms with E-state index in [0.29, 0.717) is 0 Å². The van der Waals surface area contributed by atoms with Crippen LogP contribution in [0.3, 0.4) is 0 Å². The second-order valence-electron chi connectivity index (χ2n) is 2.46. The highest BCUT2D eigenvalue weighted by Gasteiger charge is 1.93. The van der Waals surface area contributed by atoms with Crippen LogP contribution in [0.2, 0.25) is 0 Å². The molecular weight excluding hydrogens is 228 g/mol. The third kappa shape index (κ3) is 2.16. The van der Waals surface area contributed by atoms with E-state index in [1.54, 1.807) is 0 Å². The number of hydrogen-bond acceptors (Lipinski definition) is 1. The average Bonchev–Trinajstić information content (AvgIpc) is 2.22. The molecular formula is C11H9BrO. The molecule has 0 radical (unpaired) electrons. The first-order valence-corrected chi connectivity index (χ1v) is 4.59. The first kappa shape index (κ1) is 9.93. The van der Waals surface area contributed by atoms with Gasteiger partial charge in [-0.05, 0) is 16.8 Å². The van der Waals surface area contributed by atoms with Gasteiger partial charge in [0.1, 0.15) is 6.79 Å².